The van der Waals surface area contributed by atoms with Gasteiger partial charge in [0.15, 0.2) is 6.29 Å². The molecule has 2 N–H and O–H groups in total. The Morgan fingerprint density at radius 3 is 2.71 bits per heavy atom. The summed E-state index contributed by atoms with van der Waals surface area (Å²) in [5, 5.41) is 0. The van der Waals surface area contributed by atoms with Gasteiger partial charge in [0.2, 0.25) is 5.88 Å². The minimum Gasteiger partial charge on any atom is -0.480 e. The Bertz CT molecular complexity index is 355. The smallest absolute Gasteiger partial charge is 0.266 e. The molecule has 1 rings (SSSR count). The minimum absolute atomic E-state index is 0.133. The number of hydrogen-bond acceptors (Lipinski definition) is 4. The zero-order chi connectivity index (χ0) is 10.7. The summed E-state index contributed by atoms with van der Waals surface area (Å²) in [6.07, 6.45) is -2.40. The Morgan fingerprint density at radius 2 is 2.29 bits per heavy atom. The molecule has 14 heavy (non-hydrogen) atoms. The number of pyridine rings is 1. The molecule has 0 saturated carbocycles. The number of nitrogens with zero attached hydrogens (tertiary/aromatic N) is 1. The molecule has 4 nitrogen and oxygen atoms in total. The molecule has 0 aliphatic heterocycles. The van der Waals surface area contributed by atoms with E-state index in [4.69, 9.17) is 5.73 Å². The lowest BCUT2D eigenvalue weighted by atomic mass is 10.2. The molecule has 0 aromatic carbocycles. The van der Waals surface area contributed by atoms with Crippen LogP contribution < -0.4 is 10.5 Å². The predicted molar refractivity (Wildman–Crippen MR) is 45.5 cm³/mol. The van der Waals surface area contributed by atoms with E-state index in [1.165, 1.54) is 7.11 Å². The van der Waals surface area contributed by atoms with E-state index in [1.54, 1.807) is 0 Å². The predicted octanol–water partition coefficient (Wildman–Crippen LogP) is 1.42. The summed E-state index contributed by atoms with van der Waals surface area (Å²) in [6.45, 7) is 0. The van der Waals surface area contributed by atoms with Gasteiger partial charge < -0.3 is 10.5 Å². The first kappa shape index (κ1) is 10.4. The van der Waals surface area contributed by atoms with Crippen molar-refractivity contribution >= 4 is 12.0 Å². The highest BCUT2D eigenvalue weighted by atomic mass is 19.3. The number of carbonyl (C=O) groups is 1. The molecule has 0 saturated heterocycles. The number of nitrogens with two attached hydrogens (primary N) is 1. The molecule has 1 heterocycles. The van der Waals surface area contributed by atoms with Crippen LogP contribution in [0.1, 0.15) is 22.5 Å². The van der Waals surface area contributed by atoms with Gasteiger partial charge in [0.25, 0.3) is 6.43 Å². The van der Waals surface area contributed by atoms with Crippen molar-refractivity contribution in [3.8, 4) is 5.88 Å². The Hall–Kier alpha value is -1.72. The van der Waals surface area contributed by atoms with Gasteiger partial charge in [0.05, 0.1) is 7.11 Å². The number of methoxy groups -OCH3 is 1. The Kier molecular flexibility index (Phi) is 2.95. The van der Waals surface area contributed by atoms with E-state index >= 15 is 0 Å². The van der Waals surface area contributed by atoms with Gasteiger partial charge in [-0.15, -0.1) is 0 Å². The number of ether oxygens (including phenoxy) is 1. The Morgan fingerprint density at radius 1 is 1.64 bits per heavy atom. The van der Waals surface area contributed by atoms with E-state index in [0.717, 1.165) is 6.07 Å². The number of carbonyl (C=O) groups excluding carboxylic acids is 1. The van der Waals surface area contributed by atoms with Crippen LogP contribution in [-0.2, 0) is 0 Å². The zero-order valence-corrected chi connectivity index (χ0v) is 7.33. The van der Waals surface area contributed by atoms with Crippen LogP contribution in [0.3, 0.4) is 0 Å². The Labute approximate surface area is 78.7 Å². The van der Waals surface area contributed by atoms with Crippen molar-refractivity contribution in [2.75, 3.05) is 12.8 Å². The van der Waals surface area contributed by atoms with Crippen LogP contribution in [0.5, 0.6) is 5.88 Å². The van der Waals surface area contributed by atoms with Crippen molar-refractivity contribution in [3.63, 3.8) is 0 Å². The van der Waals surface area contributed by atoms with Crippen molar-refractivity contribution in [1.82, 2.24) is 4.98 Å². The fourth-order valence-electron chi connectivity index (χ4n) is 0.967. The first-order valence-corrected chi connectivity index (χ1v) is 3.68. The lowest BCUT2D eigenvalue weighted by Crippen LogP contribution is -2.03. The topological polar surface area (TPSA) is 65.2 Å². The van der Waals surface area contributed by atoms with Gasteiger partial charge in [-0.2, -0.15) is 0 Å². The second-order valence-corrected chi connectivity index (χ2v) is 2.48. The second-order valence-electron chi connectivity index (χ2n) is 2.48. The molecule has 0 atom stereocenters. The molecule has 1 aromatic heterocycles. The quantitative estimate of drug-likeness (QED) is 0.753. The van der Waals surface area contributed by atoms with Gasteiger partial charge in [0, 0.05) is 5.56 Å². The molecule has 0 spiro atoms. The van der Waals surface area contributed by atoms with Crippen LogP contribution in [0.15, 0.2) is 6.07 Å². The summed E-state index contributed by atoms with van der Waals surface area (Å²) < 4.78 is 29.4. The first-order valence-electron chi connectivity index (χ1n) is 3.68. The lowest BCUT2D eigenvalue weighted by molar-refractivity contribution is 0.111. The van der Waals surface area contributed by atoms with Gasteiger partial charge in [-0.05, 0) is 6.07 Å². The monoisotopic (exact) mass is 202 g/mol. The first-order chi connectivity index (χ1) is 6.60. The van der Waals surface area contributed by atoms with Gasteiger partial charge in [-0.3, -0.25) is 4.79 Å². The number of aromatic nitrogens is 1. The highest BCUT2D eigenvalue weighted by Gasteiger charge is 2.17. The maximum atomic E-state index is 12.4. The van der Waals surface area contributed by atoms with E-state index in [-0.39, 0.29) is 17.3 Å². The highest BCUT2D eigenvalue weighted by Crippen LogP contribution is 2.31. The average molecular weight is 202 g/mol. The van der Waals surface area contributed by atoms with Crippen molar-refractivity contribution < 1.29 is 18.3 Å². The summed E-state index contributed by atoms with van der Waals surface area (Å²) in [5.41, 5.74) is 4.51. The normalized spacial score (nSPS) is 10.3. The largest absolute Gasteiger partial charge is 0.480 e. The molecule has 0 fully saturated rings. The van der Waals surface area contributed by atoms with Crippen molar-refractivity contribution in [2.24, 2.45) is 0 Å². The van der Waals surface area contributed by atoms with Crippen LogP contribution in [0.2, 0.25) is 0 Å². The van der Waals surface area contributed by atoms with Gasteiger partial charge in [-0.1, -0.05) is 0 Å². The van der Waals surface area contributed by atoms with Crippen LogP contribution in [0.25, 0.3) is 0 Å². The highest BCUT2D eigenvalue weighted by molar-refractivity contribution is 5.74. The number of hydrogen-bond donors (Lipinski definition) is 1. The third-order valence-electron chi connectivity index (χ3n) is 1.62. The molecule has 0 unspecified atom stereocenters. The number of halogens is 2. The number of alkyl halides is 2. The number of nitrogen functional groups attached to an aromatic ring is 1. The Balaban J connectivity index is 3.34. The molecule has 0 radical (unpaired) electrons. The third-order valence-corrected chi connectivity index (χ3v) is 1.62. The maximum absolute atomic E-state index is 12.4. The van der Waals surface area contributed by atoms with E-state index in [1.807, 2.05) is 0 Å². The van der Waals surface area contributed by atoms with Crippen molar-refractivity contribution in [3.05, 3.63) is 17.3 Å². The van der Waals surface area contributed by atoms with Crippen molar-refractivity contribution in [1.29, 1.82) is 0 Å². The summed E-state index contributed by atoms with van der Waals surface area (Å²) in [7, 11) is 1.24. The van der Waals surface area contributed by atoms with Gasteiger partial charge in [0.1, 0.15) is 11.4 Å². The van der Waals surface area contributed by atoms with Crippen molar-refractivity contribution in [2.45, 2.75) is 6.43 Å². The molecule has 0 bridgehead atoms. The van der Waals surface area contributed by atoms with Gasteiger partial charge >= 0.3 is 0 Å². The molecule has 6 heteroatoms. The van der Waals surface area contributed by atoms with Crippen LogP contribution in [-0.4, -0.2) is 18.4 Å². The fraction of sp³-hybridized carbons (Fsp3) is 0.250. The average Bonchev–Trinajstić information content (AvgIpc) is 2.17. The summed E-state index contributed by atoms with van der Waals surface area (Å²) >= 11 is 0. The molecular weight excluding hydrogens is 194 g/mol. The molecule has 0 aliphatic carbocycles. The number of aldehydes is 1. The summed E-state index contributed by atoms with van der Waals surface area (Å²) in [5.74, 6) is -0.162. The van der Waals surface area contributed by atoms with Gasteiger partial charge in [-0.25, -0.2) is 13.8 Å². The van der Waals surface area contributed by atoms with Crippen LogP contribution in [0, 0.1) is 0 Å². The minimum atomic E-state index is -2.76. The molecule has 0 aliphatic rings. The standard InChI is InChI=1S/C8H8F2N2O2/c1-14-8-6(11)5(7(9)10)2-4(3-13)12-8/h2-3,7H,11H2,1H3. The van der Waals surface area contributed by atoms with E-state index in [2.05, 4.69) is 9.72 Å². The van der Waals surface area contributed by atoms with Crippen LogP contribution >= 0.6 is 0 Å². The van der Waals surface area contributed by atoms with E-state index < -0.39 is 12.0 Å². The summed E-state index contributed by atoms with van der Waals surface area (Å²) in [6, 6.07) is 0.940. The van der Waals surface area contributed by atoms with E-state index in [0.29, 0.717) is 6.29 Å². The molecule has 0 amide bonds. The number of anilines is 1. The third kappa shape index (κ3) is 1.78. The van der Waals surface area contributed by atoms with E-state index in [9.17, 15) is 13.6 Å². The molecule has 1 aromatic rings. The molecular formula is C8H8F2N2O2. The SMILES string of the molecule is COc1nc(C=O)cc(C(F)F)c1N. The summed E-state index contributed by atoms with van der Waals surface area (Å²) in [4.78, 5) is 14.0. The zero-order valence-electron chi connectivity index (χ0n) is 7.33. The number of rotatable bonds is 3. The second kappa shape index (κ2) is 3.99. The lowest BCUT2D eigenvalue weighted by Gasteiger charge is -2.08. The maximum Gasteiger partial charge on any atom is 0.266 e. The van der Waals surface area contributed by atoms with Crippen LogP contribution in [0.4, 0.5) is 14.5 Å². The fourth-order valence-corrected chi connectivity index (χ4v) is 0.967. The molecule has 76 valence electrons.